The summed E-state index contributed by atoms with van der Waals surface area (Å²) in [5, 5.41) is 2.74. The van der Waals surface area contributed by atoms with Gasteiger partial charge in [-0.1, -0.05) is 0 Å². The van der Waals surface area contributed by atoms with E-state index < -0.39 is 5.82 Å². The van der Waals surface area contributed by atoms with Crippen LogP contribution in [0.4, 0.5) is 10.1 Å². The quantitative estimate of drug-likeness (QED) is 0.625. The van der Waals surface area contributed by atoms with E-state index in [-0.39, 0.29) is 11.6 Å². The Morgan fingerprint density at radius 2 is 2.22 bits per heavy atom. The predicted molar refractivity (Wildman–Crippen MR) is 72.0 cm³/mol. The summed E-state index contributed by atoms with van der Waals surface area (Å²) >= 11 is 3.14. The summed E-state index contributed by atoms with van der Waals surface area (Å²) in [5.41, 5.74) is 5.72. The summed E-state index contributed by atoms with van der Waals surface area (Å²) in [6.07, 6.45) is 1.71. The number of anilines is 1. The summed E-state index contributed by atoms with van der Waals surface area (Å²) in [5.74, 6) is -0.815. The fraction of sp³-hybridized carbons (Fsp3) is 0.417. The smallest absolute Gasteiger partial charge is 0.252 e. The van der Waals surface area contributed by atoms with Crippen molar-refractivity contribution in [2.45, 2.75) is 12.8 Å². The lowest BCUT2D eigenvalue weighted by Gasteiger charge is -2.08. The highest BCUT2D eigenvalue weighted by atomic mass is 79.9. The zero-order chi connectivity index (χ0) is 13.5. The lowest BCUT2D eigenvalue weighted by atomic mass is 10.2. The summed E-state index contributed by atoms with van der Waals surface area (Å²) in [4.78, 5) is 11.8. The van der Waals surface area contributed by atoms with Crippen molar-refractivity contribution in [2.24, 2.45) is 0 Å². The normalized spacial score (nSPS) is 10.4. The number of halogens is 2. The molecule has 1 aromatic rings. The summed E-state index contributed by atoms with van der Waals surface area (Å²) in [6, 6.07) is 2.51. The molecule has 0 saturated heterocycles. The van der Waals surface area contributed by atoms with Gasteiger partial charge >= 0.3 is 0 Å². The van der Waals surface area contributed by atoms with E-state index in [1.807, 2.05) is 0 Å². The maximum absolute atomic E-state index is 13.1. The van der Waals surface area contributed by atoms with Crippen LogP contribution in [0.3, 0.4) is 0 Å². The topological polar surface area (TPSA) is 64.3 Å². The van der Waals surface area contributed by atoms with Crippen LogP contribution in [0.15, 0.2) is 16.6 Å². The Morgan fingerprint density at radius 3 is 2.89 bits per heavy atom. The molecule has 0 bridgehead atoms. The molecule has 0 radical (unpaired) electrons. The molecule has 4 nitrogen and oxygen atoms in total. The van der Waals surface area contributed by atoms with E-state index in [4.69, 9.17) is 10.5 Å². The molecule has 1 amide bonds. The van der Waals surface area contributed by atoms with Gasteiger partial charge < -0.3 is 15.8 Å². The third kappa shape index (κ3) is 4.27. The van der Waals surface area contributed by atoms with E-state index in [1.165, 1.54) is 12.1 Å². The first kappa shape index (κ1) is 14.9. The number of nitrogens with one attached hydrogen (secondary N) is 1. The standard InChI is InChI=1S/C12H16BrFN2O2/c1-18-5-3-2-4-16-12(17)8-6-11(15)10(14)7-9(8)13/h6-7H,2-5,15H2,1H3,(H,16,17). The molecule has 1 rings (SSSR count). The number of amides is 1. The minimum absolute atomic E-state index is 0.0391. The molecule has 6 heteroatoms. The Labute approximate surface area is 114 Å². The van der Waals surface area contributed by atoms with Crippen LogP contribution in [-0.2, 0) is 4.74 Å². The minimum atomic E-state index is -0.543. The lowest BCUT2D eigenvalue weighted by molar-refractivity contribution is 0.0950. The molecule has 100 valence electrons. The number of carbonyl (C=O) groups is 1. The molecule has 0 aliphatic carbocycles. The van der Waals surface area contributed by atoms with Crippen LogP contribution in [0.25, 0.3) is 0 Å². The molecule has 0 aliphatic heterocycles. The van der Waals surface area contributed by atoms with Gasteiger partial charge in [0.25, 0.3) is 5.91 Å². The average molecular weight is 319 g/mol. The van der Waals surface area contributed by atoms with Crippen molar-refractivity contribution in [3.05, 3.63) is 28.0 Å². The Bertz CT molecular complexity index is 427. The van der Waals surface area contributed by atoms with Gasteiger partial charge in [-0.25, -0.2) is 4.39 Å². The van der Waals surface area contributed by atoms with Crippen LogP contribution < -0.4 is 11.1 Å². The third-order valence-corrected chi connectivity index (χ3v) is 3.05. The minimum Gasteiger partial charge on any atom is -0.396 e. The Morgan fingerprint density at radius 1 is 1.50 bits per heavy atom. The molecule has 0 aromatic heterocycles. The molecule has 0 heterocycles. The maximum atomic E-state index is 13.1. The molecule has 0 fully saturated rings. The van der Waals surface area contributed by atoms with Gasteiger partial charge in [0.15, 0.2) is 0 Å². The fourth-order valence-electron chi connectivity index (χ4n) is 1.41. The Kier molecular flexibility index (Phi) is 6.07. The highest BCUT2D eigenvalue weighted by molar-refractivity contribution is 9.10. The number of unbranched alkanes of at least 4 members (excludes halogenated alkanes) is 1. The van der Waals surface area contributed by atoms with E-state index in [0.717, 1.165) is 12.8 Å². The van der Waals surface area contributed by atoms with Gasteiger partial charge in [-0.2, -0.15) is 0 Å². The van der Waals surface area contributed by atoms with Crippen LogP contribution in [0, 0.1) is 5.82 Å². The second kappa shape index (κ2) is 7.33. The van der Waals surface area contributed by atoms with Crippen LogP contribution in [0.2, 0.25) is 0 Å². The van der Waals surface area contributed by atoms with E-state index in [9.17, 15) is 9.18 Å². The van der Waals surface area contributed by atoms with Gasteiger partial charge in [0, 0.05) is 24.7 Å². The van der Waals surface area contributed by atoms with Crippen LogP contribution in [0.1, 0.15) is 23.2 Å². The summed E-state index contributed by atoms with van der Waals surface area (Å²) in [6.45, 7) is 1.22. The molecular formula is C12H16BrFN2O2. The van der Waals surface area contributed by atoms with Gasteiger partial charge in [-0.05, 0) is 40.9 Å². The SMILES string of the molecule is COCCCCNC(=O)c1cc(N)c(F)cc1Br. The summed E-state index contributed by atoms with van der Waals surface area (Å²) in [7, 11) is 1.64. The van der Waals surface area contributed by atoms with Crippen LogP contribution in [-0.4, -0.2) is 26.2 Å². The Balaban J connectivity index is 2.54. The first-order valence-electron chi connectivity index (χ1n) is 5.58. The van der Waals surface area contributed by atoms with Gasteiger partial charge in [0.2, 0.25) is 0 Å². The number of rotatable bonds is 6. The van der Waals surface area contributed by atoms with Crippen molar-refractivity contribution in [3.63, 3.8) is 0 Å². The van der Waals surface area contributed by atoms with Crippen LogP contribution >= 0.6 is 15.9 Å². The van der Waals surface area contributed by atoms with E-state index in [2.05, 4.69) is 21.2 Å². The zero-order valence-corrected chi connectivity index (χ0v) is 11.7. The number of carbonyl (C=O) groups excluding carboxylic acids is 1. The van der Waals surface area contributed by atoms with E-state index in [1.54, 1.807) is 7.11 Å². The number of nitrogens with two attached hydrogens (primary N) is 1. The molecule has 0 atom stereocenters. The van der Waals surface area contributed by atoms with Gasteiger partial charge in [-0.3, -0.25) is 4.79 Å². The largest absolute Gasteiger partial charge is 0.396 e. The second-order valence-electron chi connectivity index (χ2n) is 3.81. The molecule has 0 saturated carbocycles. The highest BCUT2D eigenvalue weighted by Gasteiger charge is 2.12. The first-order valence-corrected chi connectivity index (χ1v) is 6.37. The number of methoxy groups -OCH3 is 1. The van der Waals surface area contributed by atoms with Gasteiger partial charge in [-0.15, -0.1) is 0 Å². The number of hydrogen-bond donors (Lipinski definition) is 2. The molecule has 0 unspecified atom stereocenters. The molecule has 0 spiro atoms. The Hall–Kier alpha value is -1.14. The zero-order valence-electron chi connectivity index (χ0n) is 10.1. The summed E-state index contributed by atoms with van der Waals surface area (Å²) < 4.78 is 18.4. The second-order valence-corrected chi connectivity index (χ2v) is 4.66. The van der Waals surface area contributed by atoms with Crippen molar-refractivity contribution >= 4 is 27.5 Å². The maximum Gasteiger partial charge on any atom is 0.252 e. The number of nitrogen functional groups attached to an aromatic ring is 1. The molecule has 1 aromatic carbocycles. The molecular weight excluding hydrogens is 303 g/mol. The predicted octanol–water partition coefficient (Wildman–Crippen LogP) is 2.33. The number of benzene rings is 1. The van der Waals surface area contributed by atoms with Crippen molar-refractivity contribution < 1.29 is 13.9 Å². The van der Waals surface area contributed by atoms with Gasteiger partial charge in [0.1, 0.15) is 5.82 Å². The van der Waals surface area contributed by atoms with Crippen molar-refractivity contribution in [1.82, 2.24) is 5.32 Å². The number of ether oxygens (including phenoxy) is 1. The highest BCUT2D eigenvalue weighted by Crippen LogP contribution is 2.22. The first-order chi connectivity index (χ1) is 8.56. The third-order valence-electron chi connectivity index (χ3n) is 2.39. The van der Waals surface area contributed by atoms with Crippen molar-refractivity contribution in [2.75, 3.05) is 26.0 Å². The number of hydrogen-bond acceptors (Lipinski definition) is 3. The van der Waals surface area contributed by atoms with Crippen molar-refractivity contribution in [1.29, 1.82) is 0 Å². The monoisotopic (exact) mass is 318 g/mol. The fourth-order valence-corrected chi connectivity index (χ4v) is 1.90. The molecule has 18 heavy (non-hydrogen) atoms. The molecule has 3 N–H and O–H groups in total. The van der Waals surface area contributed by atoms with Crippen LogP contribution in [0.5, 0.6) is 0 Å². The average Bonchev–Trinajstić information content (AvgIpc) is 2.33. The van der Waals surface area contributed by atoms with Crippen molar-refractivity contribution in [3.8, 4) is 0 Å². The lowest BCUT2D eigenvalue weighted by Crippen LogP contribution is -2.25. The molecule has 0 aliphatic rings. The van der Waals surface area contributed by atoms with E-state index in [0.29, 0.717) is 23.2 Å². The van der Waals surface area contributed by atoms with E-state index >= 15 is 0 Å². The van der Waals surface area contributed by atoms with Gasteiger partial charge in [0.05, 0.1) is 11.3 Å².